The van der Waals surface area contributed by atoms with E-state index in [0.29, 0.717) is 32.8 Å². The van der Waals surface area contributed by atoms with E-state index in [-0.39, 0.29) is 18.5 Å². The molecule has 2 N–H and O–H groups in total. The summed E-state index contributed by atoms with van der Waals surface area (Å²) in [6.45, 7) is 4.69. The third-order valence-electron chi connectivity index (χ3n) is 2.96. The van der Waals surface area contributed by atoms with Gasteiger partial charge in [-0.05, 0) is 13.3 Å². The highest BCUT2D eigenvalue weighted by molar-refractivity contribution is 5.95. The molecular weight excluding hydrogens is 264 g/mol. The zero-order chi connectivity index (χ0) is 15.0. The second-order valence-electron chi connectivity index (χ2n) is 4.44. The Morgan fingerprint density at radius 3 is 2.55 bits per heavy atom. The molecular formula is C12H22N4O4. The second-order valence-corrected chi connectivity index (χ2v) is 4.44. The fourth-order valence-corrected chi connectivity index (χ4v) is 1.96. The van der Waals surface area contributed by atoms with E-state index in [9.17, 15) is 14.4 Å². The van der Waals surface area contributed by atoms with E-state index in [0.717, 1.165) is 6.42 Å². The molecule has 1 rings (SSSR count). The van der Waals surface area contributed by atoms with Crippen LogP contribution < -0.4 is 10.6 Å². The van der Waals surface area contributed by atoms with Gasteiger partial charge in [0.05, 0.1) is 13.2 Å². The number of rotatable bonds is 3. The van der Waals surface area contributed by atoms with Crippen LogP contribution in [0.3, 0.4) is 0 Å². The highest BCUT2D eigenvalue weighted by Gasteiger charge is 2.21. The molecule has 0 aromatic rings. The van der Waals surface area contributed by atoms with Gasteiger partial charge in [0.1, 0.15) is 0 Å². The van der Waals surface area contributed by atoms with E-state index in [1.165, 1.54) is 7.05 Å². The van der Waals surface area contributed by atoms with Crippen LogP contribution in [0.2, 0.25) is 0 Å². The monoisotopic (exact) mass is 286 g/mol. The molecule has 1 saturated heterocycles. The SMILES string of the molecule is CCOC(=O)N1CCCN(CC(=O)NC(=O)NC)CC1. The van der Waals surface area contributed by atoms with Gasteiger partial charge >= 0.3 is 12.1 Å². The van der Waals surface area contributed by atoms with Crippen LogP contribution >= 0.6 is 0 Å². The van der Waals surface area contributed by atoms with Gasteiger partial charge in [0.25, 0.3) is 0 Å². The van der Waals surface area contributed by atoms with E-state index in [4.69, 9.17) is 4.74 Å². The lowest BCUT2D eigenvalue weighted by Crippen LogP contribution is -2.44. The predicted octanol–water partition coefficient (Wildman–Crippen LogP) is -0.394. The van der Waals surface area contributed by atoms with Gasteiger partial charge in [-0.15, -0.1) is 0 Å². The number of hydrogen-bond donors (Lipinski definition) is 2. The average Bonchev–Trinajstić information content (AvgIpc) is 2.64. The Morgan fingerprint density at radius 1 is 1.15 bits per heavy atom. The highest BCUT2D eigenvalue weighted by atomic mass is 16.6. The van der Waals surface area contributed by atoms with Crippen molar-refractivity contribution in [2.45, 2.75) is 13.3 Å². The Labute approximate surface area is 118 Å². The van der Waals surface area contributed by atoms with Crippen LogP contribution in [0.15, 0.2) is 0 Å². The zero-order valence-electron chi connectivity index (χ0n) is 12.0. The first-order chi connectivity index (χ1) is 9.56. The minimum atomic E-state index is -0.516. The van der Waals surface area contributed by atoms with Gasteiger partial charge in [-0.3, -0.25) is 15.0 Å². The number of urea groups is 1. The molecule has 1 aliphatic rings. The Kier molecular flexibility index (Phi) is 6.78. The summed E-state index contributed by atoms with van der Waals surface area (Å²) in [5.41, 5.74) is 0. The summed E-state index contributed by atoms with van der Waals surface area (Å²) >= 11 is 0. The third-order valence-corrected chi connectivity index (χ3v) is 2.96. The maximum Gasteiger partial charge on any atom is 0.409 e. The van der Waals surface area contributed by atoms with Gasteiger partial charge in [0.15, 0.2) is 0 Å². The topological polar surface area (TPSA) is 91.0 Å². The number of amides is 4. The molecule has 8 nitrogen and oxygen atoms in total. The Bertz CT molecular complexity index is 361. The summed E-state index contributed by atoms with van der Waals surface area (Å²) in [4.78, 5) is 37.8. The van der Waals surface area contributed by atoms with Gasteiger partial charge in [0.2, 0.25) is 5.91 Å². The van der Waals surface area contributed by atoms with Crippen LogP contribution in [0.5, 0.6) is 0 Å². The molecule has 1 heterocycles. The smallest absolute Gasteiger partial charge is 0.409 e. The van der Waals surface area contributed by atoms with Gasteiger partial charge in [0, 0.05) is 33.2 Å². The minimum absolute atomic E-state index is 0.143. The number of carbonyl (C=O) groups excluding carboxylic acids is 3. The molecule has 0 bridgehead atoms. The maximum absolute atomic E-state index is 11.6. The summed E-state index contributed by atoms with van der Waals surface area (Å²) in [7, 11) is 1.45. The van der Waals surface area contributed by atoms with Crippen LogP contribution in [0.25, 0.3) is 0 Å². The van der Waals surface area contributed by atoms with Crippen molar-refractivity contribution in [2.24, 2.45) is 0 Å². The molecule has 0 radical (unpaired) electrons. The highest BCUT2D eigenvalue weighted by Crippen LogP contribution is 2.04. The number of hydrogen-bond acceptors (Lipinski definition) is 5. The molecule has 0 unspecified atom stereocenters. The van der Waals surface area contributed by atoms with E-state index in [1.807, 2.05) is 4.90 Å². The number of nitrogens with zero attached hydrogens (tertiary/aromatic N) is 2. The van der Waals surface area contributed by atoms with Crippen molar-refractivity contribution in [3.05, 3.63) is 0 Å². The number of nitrogens with one attached hydrogen (secondary N) is 2. The average molecular weight is 286 g/mol. The molecule has 4 amide bonds. The van der Waals surface area contributed by atoms with Crippen molar-refractivity contribution in [3.63, 3.8) is 0 Å². The van der Waals surface area contributed by atoms with Gasteiger partial charge in [-0.1, -0.05) is 0 Å². The van der Waals surface area contributed by atoms with Crippen LogP contribution in [0.4, 0.5) is 9.59 Å². The molecule has 1 fully saturated rings. The van der Waals surface area contributed by atoms with E-state index in [2.05, 4.69) is 10.6 Å². The summed E-state index contributed by atoms with van der Waals surface area (Å²) < 4.78 is 4.96. The zero-order valence-corrected chi connectivity index (χ0v) is 12.0. The standard InChI is InChI=1S/C12H22N4O4/c1-3-20-12(19)16-6-4-5-15(7-8-16)9-10(17)14-11(18)13-2/h3-9H2,1-2H3,(H2,13,14,17,18). The number of carbonyl (C=O) groups is 3. The van der Waals surface area contributed by atoms with Crippen molar-refractivity contribution in [1.29, 1.82) is 0 Å². The first kappa shape index (κ1) is 16.2. The van der Waals surface area contributed by atoms with Crippen LogP contribution in [-0.4, -0.2) is 74.2 Å². The van der Waals surface area contributed by atoms with Gasteiger partial charge in [-0.25, -0.2) is 9.59 Å². The first-order valence-electron chi connectivity index (χ1n) is 6.72. The van der Waals surface area contributed by atoms with Crippen LogP contribution in [0, 0.1) is 0 Å². The Morgan fingerprint density at radius 2 is 1.90 bits per heavy atom. The lowest BCUT2D eigenvalue weighted by Gasteiger charge is -2.20. The van der Waals surface area contributed by atoms with E-state index >= 15 is 0 Å². The Hall–Kier alpha value is -1.83. The summed E-state index contributed by atoms with van der Waals surface area (Å²) in [6, 6.07) is -0.516. The molecule has 20 heavy (non-hydrogen) atoms. The quantitative estimate of drug-likeness (QED) is 0.737. The maximum atomic E-state index is 11.6. The fraction of sp³-hybridized carbons (Fsp3) is 0.750. The van der Waals surface area contributed by atoms with Crippen molar-refractivity contribution in [1.82, 2.24) is 20.4 Å². The summed E-state index contributed by atoms with van der Waals surface area (Å²) in [6.07, 6.45) is 0.454. The largest absolute Gasteiger partial charge is 0.450 e. The van der Waals surface area contributed by atoms with Crippen LogP contribution in [-0.2, 0) is 9.53 Å². The van der Waals surface area contributed by atoms with Crippen molar-refractivity contribution in [3.8, 4) is 0 Å². The van der Waals surface area contributed by atoms with Crippen molar-refractivity contribution >= 4 is 18.0 Å². The summed E-state index contributed by atoms with van der Waals surface area (Å²) in [5.74, 6) is -0.353. The molecule has 0 atom stereocenters. The van der Waals surface area contributed by atoms with Gasteiger partial charge in [-0.2, -0.15) is 0 Å². The van der Waals surface area contributed by atoms with E-state index in [1.54, 1.807) is 11.8 Å². The van der Waals surface area contributed by atoms with Crippen molar-refractivity contribution in [2.75, 3.05) is 46.4 Å². The second kappa shape index (κ2) is 8.36. The van der Waals surface area contributed by atoms with E-state index < -0.39 is 6.03 Å². The molecule has 8 heteroatoms. The molecule has 0 spiro atoms. The molecule has 0 aromatic carbocycles. The molecule has 0 aliphatic carbocycles. The number of imide groups is 1. The third kappa shape index (κ3) is 5.43. The number of ether oxygens (including phenoxy) is 1. The lowest BCUT2D eigenvalue weighted by molar-refractivity contribution is -0.121. The normalized spacial score (nSPS) is 16.2. The lowest BCUT2D eigenvalue weighted by atomic mass is 10.4. The Balaban J connectivity index is 2.38. The first-order valence-corrected chi connectivity index (χ1v) is 6.72. The fourth-order valence-electron chi connectivity index (χ4n) is 1.96. The molecule has 114 valence electrons. The summed E-state index contributed by atoms with van der Waals surface area (Å²) in [5, 5.41) is 4.54. The molecule has 1 aliphatic heterocycles. The minimum Gasteiger partial charge on any atom is -0.450 e. The van der Waals surface area contributed by atoms with Crippen LogP contribution in [0.1, 0.15) is 13.3 Å². The predicted molar refractivity (Wildman–Crippen MR) is 72.3 cm³/mol. The molecule has 0 aromatic heterocycles. The molecule has 0 saturated carbocycles. The van der Waals surface area contributed by atoms with Gasteiger partial charge < -0.3 is 15.0 Å². The van der Waals surface area contributed by atoms with Crippen molar-refractivity contribution < 1.29 is 19.1 Å².